The number of nitrogens with one attached hydrogen (secondary N) is 2. The number of sulfonamides is 1. The fourth-order valence-electron chi connectivity index (χ4n) is 2.86. The monoisotopic (exact) mass is 464 g/mol. The highest BCUT2D eigenvalue weighted by Gasteiger charge is 2.34. The predicted molar refractivity (Wildman–Crippen MR) is 114 cm³/mol. The lowest BCUT2D eigenvalue weighted by atomic mass is 10.2. The Kier molecular flexibility index (Phi) is 6.73. The van der Waals surface area contributed by atoms with E-state index in [-0.39, 0.29) is 22.9 Å². The first kappa shape index (κ1) is 23.1. The normalized spacial score (nSPS) is 11.6. The van der Waals surface area contributed by atoms with E-state index in [1.54, 1.807) is 37.3 Å². The number of ether oxygens (including phenoxy) is 1. The van der Waals surface area contributed by atoms with Gasteiger partial charge in [0.15, 0.2) is 0 Å². The van der Waals surface area contributed by atoms with Gasteiger partial charge in [0.05, 0.1) is 28.4 Å². The van der Waals surface area contributed by atoms with Gasteiger partial charge in [-0.25, -0.2) is 8.42 Å². The molecule has 0 aromatic heterocycles. The van der Waals surface area contributed by atoms with E-state index in [0.29, 0.717) is 5.56 Å². The van der Waals surface area contributed by atoms with Gasteiger partial charge in [0, 0.05) is 5.56 Å². The average Bonchev–Trinajstić information content (AvgIpc) is 2.75. The smallest absolute Gasteiger partial charge is 0.418 e. The van der Waals surface area contributed by atoms with Crippen LogP contribution in [0.25, 0.3) is 0 Å². The number of benzene rings is 3. The van der Waals surface area contributed by atoms with Gasteiger partial charge >= 0.3 is 6.18 Å². The van der Waals surface area contributed by atoms with Crippen molar-refractivity contribution >= 4 is 27.3 Å². The molecule has 0 heterocycles. The zero-order chi connectivity index (χ0) is 23.4. The molecule has 3 aromatic rings. The van der Waals surface area contributed by atoms with E-state index in [2.05, 4.69) is 5.32 Å². The van der Waals surface area contributed by atoms with Gasteiger partial charge in [-0.3, -0.25) is 9.52 Å². The summed E-state index contributed by atoms with van der Waals surface area (Å²) in [6, 6.07) is 16.1. The van der Waals surface area contributed by atoms with Crippen molar-refractivity contribution in [2.75, 3.05) is 16.6 Å². The van der Waals surface area contributed by atoms with E-state index in [1.807, 2.05) is 4.72 Å². The molecular weight excluding hydrogens is 445 g/mol. The molecule has 0 saturated heterocycles. The second-order valence-corrected chi connectivity index (χ2v) is 8.24. The molecule has 0 atom stereocenters. The van der Waals surface area contributed by atoms with Crippen molar-refractivity contribution in [3.63, 3.8) is 0 Å². The second kappa shape index (κ2) is 9.31. The summed E-state index contributed by atoms with van der Waals surface area (Å²) >= 11 is 0. The van der Waals surface area contributed by atoms with Gasteiger partial charge in [0.25, 0.3) is 15.9 Å². The van der Waals surface area contributed by atoms with E-state index in [4.69, 9.17) is 4.74 Å². The van der Waals surface area contributed by atoms with Crippen LogP contribution in [-0.2, 0) is 16.2 Å². The molecule has 6 nitrogen and oxygen atoms in total. The van der Waals surface area contributed by atoms with Crippen LogP contribution < -0.4 is 14.8 Å². The van der Waals surface area contributed by atoms with Gasteiger partial charge in [0.2, 0.25) is 0 Å². The van der Waals surface area contributed by atoms with Crippen LogP contribution in [0.2, 0.25) is 0 Å². The van der Waals surface area contributed by atoms with Crippen LogP contribution in [-0.4, -0.2) is 20.9 Å². The van der Waals surface area contributed by atoms with Crippen LogP contribution in [0, 0.1) is 0 Å². The first-order chi connectivity index (χ1) is 15.1. The Hall–Kier alpha value is -3.53. The van der Waals surface area contributed by atoms with Crippen molar-refractivity contribution in [3.05, 3.63) is 83.9 Å². The quantitative estimate of drug-likeness (QED) is 0.506. The molecule has 0 bridgehead atoms. The number of carbonyl (C=O) groups excluding carboxylic acids is 1. The first-order valence-electron chi connectivity index (χ1n) is 9.44. The summed E-state index contributed by atoms with van der Waals surface area (Å²) < 4.78 is 72.8. The van der Waals surface area contributed by atoms with E-state index < -0.39 is 33.4 Å². The summed E-state index contributed by atoms with van der Waals surface area (Å²) in [5.41, 5.74) is -1.33. The number of para-hydroxylation sites is 1. The molecular formula is C22H19F3N2O4S. The van der Waals surface area contributed by atoms with Crippen LogP contribution >= 0.6 is 0 Å². The Morgan fingerprint density at radius 1 is 0.938 bits per heavy atom. The lowest BCUT2D eigenvalue weighted by Crippen LogP contribution is -2.18. The fraction of sp³-hybridized carbons (Fsp3) is 0.136. The van der Waals surface area contributed by atoms with Crippen LogP contribution in [0.3, 0.4) is 0 Å². The van der Waals surface area contributed by atoms with Gasteiger partial charge in [-0.05, 0) is 49.4 Å². The third kappa shape index (κ3) is 5.38. The molecule has 0 radical (unpaired) electrons. The van der Waals surface area contributed by atoms with E-state index in [1.165, 1.54) is 18.2 Å². The van der Waals surface area contributed by atoms with Crippen LogP contribution in [0.15, 0.2) is 77.7 Å². The van der Waals surface area contributed by atoms with Crippen molar-refractivity contribution in [3.8, 4) is 5.75 Å². The molecule has 0 fully saturated rings. The molecule has 10 heteroatoms. The molecule has 0 aliphatic carbocycles. The predicted octanol–water partition coefficient (Wildman–Crippen LogP) is 5.16. The third-order valence-corrected chi connectivity index (χ3v) is 5.69. The summed E-state index contributed by atoms with van der Waals surface area (Å²) in [4.78, 5) is 12.2. The van der Waals surface area contributed by atoms with E-state index in [9.17, 15) is 26.4 Å². The van der Waals surface area contributed by atoms with E-state index in [0.717, 1.165) is 24.3 Å². The van der Waals surface area contributed by atoms with Crippen LogP contribution in [0.1, 0.15) is 22.8 Å². The summed E-state index contributed by atoms with van der Waals surface area (Å²) in [7, 11) is -4.41. The zero-order valence-corrected chi connectivity index (χ0v) is 17.6. The summed E-state index contributed by atoms with van der Waals surface area (Å²) in [5.74, 6) is -0.289. The Labute approximate surface area is 183 Å². The minimum absolute atomic E-state index is 0.0627. The number of carbonyl (C=O) groups is 1. The molecule has 2 N–H and O–H groups in total. The summed E-state index contributed by atoms with van der Waals surface area (Å²) in [6.45, 7) is 1.96. The van der Waals surface area contributed by atoms with Crippen LogP contribution in [0.4, 0.5) is 24.5 Å². The summed E-state index contributed by atoms with van der Waals surface area (Å²) in [5, 5.41) is 2.59. The SMILES string of the molecule is CCOc1ccc(S(=O)(=O)Nc2ccccc2C(F)(F)F)cc1NC(=O)c1ccccc1. The number of amides is 1. The number of alkyl halides is 3. The van der Waals surface area contributed by atoms with Crippen molar-refractivity contribution in [2.45, 2.75) is 18.0 Å². The standard InChI is InChI=1S/C22H19F3N2O4S/c1-2-31-20-13-12-16(14-19(20)26-21(28)15-8-4-3-5-9-15)32(29,30)27-18-11-7-6-10-17(18)22(23,24)25/h3-14,27H,2H2,1H3,(H,26,28). The molecule has 0 aliphatic heterocycles. The highest BCUT2D eigenvalue weighted by molar-refractivity contribution is 7.92. The van der Waals surface area contributed by atoms with Crippen LogP contribution in [0.5, 0.6) is 5.75 Å². The maximum absolute atomic E-state index is 13.2. The Bertz CT molecular complexity index is 1210. The van der Waals surface area contributed by atoms with Gasteiger partial charge in [0.1, 0.15) is 5.75 Å². The second-order valence-electron chi connectivity index (χ2n) is 6.56. The highest BCUT2D eigenvalue weighted by atomic mass is 32.2. The lowest BCUT2D eigenvalue weighted by molar-refractivity contribution is -0.136. The number of anilines is 2. The highest BCUT2D eigenvalue weighted by Crippen LogP contribution is 2.36. The van der Waals surface area contributed by atoms with Gasteiger partial charge in [-0.1, -0.05) is 30.3 Å². The molecule has 0 spiro atoms. The number of hydrogen-bond donors (Lipinski definition) is 2. The Morgan fingerprint density at radius 3 is 2.25 bits per heavy atom. The maximum Gasteiger partial charge on any atom is 0.418 e. The molecule has 0 saturated carbocycles. The van der Waals surface area contributed by atoms with E-state index >= 15 is 0 Å². The van der Waals surface area contributed by atoms with Gasteiger partial charge in [-0.2, -0.15) is 13.2 Å². The molecule has 168 valence electrons. The fourth-order valence-corrected chi connectivity index (χ4v) is 3.97. The van der Waals surface area contributed by atoms with Crippen molar-refractivity contribution in [2.24, 2.45) is 0 Å². The molecule has 0 aliphatic rings. The van der Waals surface area contributed by atoms with Crippen molar-refractivity contribution in [1.29, 1.82) is 0 Å². The topological polar surface area (TPSA) is 84.5 Å². The minimum Gasteiger partial charge on any atom is -0.492 e. The Balaban J connectivity index is 1.96. The van der Waals surface area contributed by atoms with Gasteiger partial charge < -0.3 is 10.1 Å². The third-order valence-electron chi connectivity index (χ3n) is 4.32. The number of halogens is 3. The molecule has 1 amide bonds. The first-order valence-corrected chi connectivity index (χ1v) is 10.9. The van der Waals surface area contributed by atoms with Crippen molar-refractivity contribution < 1.29 is 31.1 Å². The number of hydrogen-bond acceptors (Lipinski definition) is 4. The number of rotatable bonds is 7. The largest absolute Gasteiger partial charge is 0.492 e. The zero-order valence-electron chi connectivity index (χ0n) is 16.8. The molecule has 3 aromatic carbocycles. The minimum atomic E-state index is -4.74. The molecule has 3 rings (SSSR count). The summed E-state index contributed by atoms with van der Waals surface area (Å²) in [6.07, 6.45) is -4.74. The van der Waals surface area contributed by atoms with Crippen molar-refractivity contribution in [1.82, 2.24) is 0 Å². The molecule has 32 heavy (non-hydrogen) atoms. The average molecular weight is 464 g/mol. The lowest BCUT2D eigenvalue weighted by Gasteiger charge is -2.16. The molecule has 0 unspecified atom stereocenters. The van der Waals surface area contributed by atoms with Gasteiger partial charge in [-0.15, -0.1) is 0 Å². The Morgan fingerprint density at radius 2 is 1.59 bits per heavy atom. The maximum atomic E-state index is 13.2.